The zero-order chi connectivity index (χ0) is 37.5. The molecule has 0 atom stereocenters. The summed E-state index contributed by atoms with van der Waals surface area (Å²) in [6, 6.07) is 59.4. The van der Waals surface area contributed by atoms with Gasteiger partial charge in [-0.05, 0) is 0 Å². The number of benzene rings is 6. The van der Waals surface area contributed by atoms with Crippen molar-refractivity contribution in [2.45, 2.75) is 0 Å². The van der Waals surface area contributed by atoms with Gasteiger partial charge in [-0.25, -0.2) is 0 Å². The zero-order valence-electron chi connectivity index (χ0n) is 31.0. The molecule has 0 bridgehead atoms. The Hall–Kier alpha value is -4.03. The van der Waals surface area contributed by atoms with Crippen LogP contribution in [0.2, 0.25) is 0 Å². The molecule has 276 valence electrons. The van der Waals surface area contributed by atoms with Gasteiger partial charge in [0.25, 0.3) is 0 Å². The molecule has 0 aromatic heterocycles. The second-order valence-electron chi connectivity index (χ2n) is 14.0. The van der Waals surface area contributed by atoms with Crippen LogP contribution in [-0.2, 0) is 18.3 Å². The van der Waals surface area contributed by atoms with Gasteiger partial charge in [0.15, 0.2) is 0 Å². The fourth-order valence-electron chi connectivity index (χ4n) is 7.66. The van der Waals surface area contributed by atoms with E-state index in [-0.39, 0.29) is 0 Å². The van der Waals surface area contributed by atoms with Crippen molar-refractivity contribution in [1.29, 1.82) is 0 Å². The topological polar surface area (TPSA) is 59.1 Å². The van der Waals surface area contributed by atoms with Gasteiger partial charge in [0.1, 0.15) is 0 Å². The van der Waals surface area contributed by atoms with Crippen LogP contribution < -0.4 is 31.8 Å². The van der Waals surface area contributed by atoms with E-state index in [9.17, 15) is 0 Å². The Morgan fingerprint density at radius 3 is 0.736 bits per heavy atom. The van der Waals surface area contributed by atoms with E-state index in [0.29, 0.717) is 25.4 Å². The van der Waals surface area contributed by atoms with Gasteiger partial charge in [0, 0.05) is 0 Å². The molecule has 0 aliphatic heterocycles. The van der Waals surface area contributed by atoms with E-state index in [4.69, 9.17) is 7.94 Å². The third-order valence-electron chi connectivity index (χ3n) is 10.3. The molecule has 0 spiro atoms. The molecule has 0 fully saturated rings. The molecular formula is C44H50N2O4P2S. The second-order valence-corrected chi connectivity index (χ2v) is 24.9. The third kappa shape index (κ3) is 7.04. The van der Waals surface area contributed by atoms with Gasteiger partial charge in [-0.3, -0.25) is 0 Å². The Labute approximate surface area is 316 Å². The number of hydrogen-bond acceptors (Lipinski definition) is 6. The normalized spacial score (nSPS) is 13.9. The van der Waals surface area contributed by atoms with Gasteiger partial charge >= 0.3 is 318 Å². The van der Waals surface area contributed by atoms with Crippen molar-refractivity contribution >= 4 is 55.9 Å². The van der Waals surface area contributed by atoms with E-state index in [0.717, 1.165) is 31.8 Å². The van der Waals surface area contributed by atoms with Crippen LogP contribution in [0.3, 0.4) is 0 Å². The van der Waals surface area contributed by atoms with Crippen LogP contribution in [-0.4, -0.2) is 71.8 Å². The van der Waals surface area contributed by atoms with Crippen molar-refractivity contribution in [3.63, 3.8) is 0 Å². The fraction of sp³-hybridized carbons (Fsp3) is 0.182. The first-order valence-corrected chi connectivity index (χ1v) is 23.9. The van der Waals surface area contributed by atoms with Crippen LogP contribution in [0, 0.1) is 0 Å². The summed E-state index contributed by atoms with van der Waals surface area (Å²) in [5.41, 5.74) is 0. The van der Waals surface area contributed by atoms with Crippen molar-refractivity contribution in [2.75, 3.05) is 53.6 Å². The molecule has 0 heterocycles. The molecular weight excluding hydrogens is 715 g/mol. The first kappa shape index (κ1) is 38.7. The van der Waals surface area contributed by atoms with Crippen molar-refractivity contribution in [3.8, 4) is 0 Å². The van der Waals surface area contributed by atoms with Crippen LogP contribution in [0.5, 0.6) is 0 Å². The van der Waals surface area contributed by atoms with Gasteiger partial charge in [-0.15, -0.1) is 0 Å². The molecule has 9 heteroatoms. The molecule has 6 rings (SSSR count). The molecule has 53 heavy (non-hydrogen) atoms. The molecule has 0 unspecified atom stereocenters. The molecule has 0 N–H and O–H groups in total. The van der Waals surface area contributed by atoms with Gasteiger partial charge in [-0.1, -0.05) is 0 Å². The maximum atomic E-state index is 16.0. The van der Waals surface area contributed by atoms with E-state index >= 15 is 8.42 Å². The van der Waals surface area contributed by atoms with Gasteiger partial charge in [0.2, 0.25) is 0 Å². The fourth-order valence-corrected chi connectivity index (χ4v) is 23.6. The molecule has 0 radical (unpaired) electrons. The van der Waals surface area contributed by atoms with Crippen molar-refractivity contribution in [2.24, 2.45) is 0 Å². The molecule has 0 saturated heterocycles. The Morgan fingerprint density at radius 1 is 0.377 bits per heavy atom. The molecule has 0 aliphatic rings. The molecule has 0 aliphatic carbocycles. The minimum atomic E-state index is -4.92. The standard InChI is InChI=1S/C44H50N2O4P2S/c1-45(2)35-37-51(39-23-11-5-12-24-39,40-25-13-6-14-26-40,41-27-15-7-16-28-41)49-53(47,48)50-52(38-36-46(3)4,42-29-17-8-18-30-42,43-31-19-9-20-32-43)44-33-21-10-22-34-44/h5-34H,35-38H2,1-4H3. The van der Waals surface area contributed by atoms with Crippen LogP contribution in [0.25, 0.3) is 0 Å². The quantitative estimate of drug-likeness (QED) is 0.108. The number of hydrogen-bond donors (Lipinski definition) is 0. The predicted molar refractivity (Wildman–Crippen MR) is 228 cm³/mol. The summed E-state index contributed by atoms with van der Waals surface area (Å²) in [5.74, 6) is 0. The van der Waals surface area contributed by atoms with E-state index in [1.54, 1.807) is 0 Å². The van der Waals surface area contributed by atoms with E-state index < -0.39 is 24.1 Å². The van der Waals surface area contributed by atoms with E-state index in [2.05, 4.69) is 9.80 Å². The average Bonchev–Trinajstić information content (AvgIpc) is 3.20. The summed E-state index contributed by atoms with van der Waals surface area (Å²) in [7, 11) is 3.10. The van der Waals surface area contributed by atoms with Gasteiger partial charge < -0.3 is 0 Å². The Kier molecular flexibility index (Phi) is 11.5. The van der Waals surface area contributed by atoms with Crippen LogP contribution >= 0.6 is 13.7 Å². The van der Waals surface area contributed by atoms with E-state index in [1.807, 2.05) is 210 Å². The van der Waals surface area contributed by atoms with Crippen molar-refractivity contribution in [3.05, 3.63) is 182 Å². The summed E-state index contributed by atoms with van der Waals surface area (Å²) in [4.78, 5) is 4.17. The first-order valence-electron chi connectivity index (χ1n) is 17.9. The van der Waals surface area contributed by atoms with Crippen molar-refractivity contribution in [1.82, 2.24) is 9.80 Å². The van der Waals surface area contributed by atoms with Gasteiger partial charge in [0.05, 0.1) is 0 Å². The summed E-state index contributed by atoms with van der Waals surface area (Å²) in [6.07, 6.45) is 0.768. The van der Waals surface area contributed by atoms with Crippen LogP contribution in [0.4, 0.5) is 0 Å². The summed E-state index contributed by atoms with van der Waals surface area (Å²) in [5, 5.41) is 4.82. The first-order chi connectivity index (χ1) is 25.5. The zero-order valence-corrected chi connectivity index (χ0v) is 33.6. The van der Waals surface area contributed by atoms with Crippen LogP contribution in [0.15, 0.2) is 182 Å². The second kappa shape index (κ2) is 15.8. The Morgan fingerprint density at radius 2 is 0.566 bits per heavy atom. The summed E-state index contributed by atoms with van der Waals surface area (Å²) < 4.78 is 46.7. The molecule has 6 nitrogen and oxygen atoms in total. The predicted octanol–water partition coefficient (Wildman–Crippen LogP) is 6.28. The summed E-state index contributed by atoms with van der Waals surface area (Å²) in [6.45, 7) is -7.79. The number of rotatable bonds is 16. The average molecular weight is 765 g/mol. The van der Waals surface area contributed by atoms with E-state index in [1.165, 1.54) is 0 Å². The third-order valence-corrected chi connectivity index (χ3v) is 24.8. The summed E-state index contributed by atoms with van der Waals surface area (Å²) >= 11 is 0. The van der Waals surface area contributed by atoms with Crippen molar-refractivity contribution < 1.29 is 16.4 Å². The number of nitrogens with zero attached hydrogens (tertiary/aromatic N) is 2. The maximum absolute atomic E-state index is 16.0. The molecule has 6 aromatic rings. The molecule has 0 saturated carbocycles. The van der Waals surface area contributed by atoms with Crippen LogP contribution in [0.1, 0.15) is 0 Å². The SMILES string of the molecule is CN(C)CCP(OS(=O)(=O)OP(CCN(C)C)(c1ccccc1)(c1ccccc1)c1ccccc1)(c1ccccc1)(c1ccccc1)c1ccccc1. The molecule has 6 aromatic carbocycles. The minimum absolute atomic E-state index is 0.384. The monoisotopic (exact) mass is 764 g/mol. The van der Waals surface area contributed by atoms with Gasteiger partial charge in [-0.2, -0.15) is 0 Å². The Balaban J connectivity index is 1.76. The molecule has 0 amide bonds. The Bertz CT molecular complexity index is 1820.